The van der Waals surface area contributed by atoms with Crippen molar-refractivity contribution >= 4 is 17.5 Å². The van der Waals surface area contributed by atoms with Gasteiger partial charge in [0.2, 0.25) is 6.10 Å². The summed E-state index contributed by atoms with van der Waals surface area (Å²) in [6, 6.07) is 16.3. The van der Waals surface area contributed by atoms with Crippen LogP contribution in [0.3, 0.4) is 0 Å². The molecular weight excluding hydrogens is 312 g/mol. The van der Waals surface area contributed by atoms with E-state index in [9.17, 15) is 4.79 Å². The summed E-state index contributed by atoms with van der Waals surface area (Å²) in [7, 11) is 0. The number of nitrogens with zero attached hydrogens (tertiary/aromatic N) is 1. The molecule has 2 aromatic carbocycles. The average molecular weight is 327 g/mol. The molecule has 0 bridgehead atoms. The van der Waals surface area contributed by atoms with E-state index in [1.165, 1.54) is 6.07 Å². The number of benzene rings is 2. The molecule has 0 heterocycles. The Morgan fingerprint density at radius 1 is 1.26 bits per heavy atom. The predicted molar refractivity (Wildman–Crippen MR) is 87.1 cm³/mol. The maximum atomic E-state index is 12.5. The maximum absolute atomic E-state index is 12.5. The molecule has 1 aliphatic carbocycles. The Bertz CT molecular complexity index is 751. The first-order valence-corrected chi connectivity index (χ1v) is 7.77. The van der Waals surface area contributed by atoms with Crippen molar-refractivity contribution in [3.05, 3.63) is 64.7 Å². The first kappa shape index (κ1) is 15.4. The molecule has 0 radical (unpaired) electrons. The van der Waals surface area contributed by atoms with Crippen LogP contribution >= 0.6 is 11.6 Å². The van der Waals surface area contributed by atoms with Crippen LogP contribution in [-0.2, 0) is 4.79 Å². The van der Waals surface area contributed by atoms with Gasteiger partial charge in [0.15, 0.2) is 0 Å². The molecular formula is C18H15ClN2O2. The fourth-order valence-electron chi connectivity index (χ4n) is 2.20. The van der Waals surface area contributed by atoms with Crippen LogP contribution in [0.25, 0.3) is 0 Å². The molecule has 1 atom stereocenters. The van der Waals surface area contributed by atoms with Crippen LogP contribution in [0.5, 0.6) is 5.75 Å². The van der Waals surface area contributed by atoms with Crippen LogP contribution in [0.2, 0.25) is 5.02 Å². The topological polar surface area (TPSA) is 62.1 Å². The van der Waals surface area contributed by atoms with Gasteiger partial charge in [-0.1, -0.05) is 41.9 Å². The Hall–Kier alpha value is -2.51. The number of rotatable bonds is 5. The number of nitriles is 1. The first-order chi connectivity index (χ1) is 11.2. The van der Waals surface area contributed by atoms with Gasteiger partial charge in [0, 0.05) is 11.6 Å². The first-order valence-electron chi connectivity index (χ1n) is 7.39. The van der Waals surface area contributed by atoms with Crippen molar-refractivity contribution in [2.45, 2.75) is 25.0 Å². The molecule has 1 N–H and O–H groups in total. The molecule has 116 valence electrons. The van der Waals surface area contributed by atoms with Crippen LogP contribution < -0.4 is 10.1 Å². The van der Waals surface area contributed by atoms with Crippen molar-refractivity contribution in [2.24, 2.45) is 0 Å². The molecule has 1 saturated carbocycles. The Morgan fingerprint density at radius 2 is 2.00 bits per heavy atom. The summed E-state index contributed by atoms with van der Waals surface area (Å²) in [4.78, 5) is 12.5. The van der Waals surface area contributed by atoms with E-state index in [2.05, 4.69) is 5.32 Å². The van der Waals surface area contributed by atoms with Gasteiger partial charge >= 0.3 is 0 Å². The highest BCUT2D eigenvalue weighted by Gasteiger charge is 2.30. The van der Waals surface area contributed by atoms with Crippen LogP contribution in [0, 0.1) is 11.3 Å². The van der Waals surface area contributed by atoms with Gasteiger partial charge < -0.3 is 10.1 Å². The average Bonchev–Trinajstić information content (AvgIpc) is 3.38. The lowest BCUT2D eigenvalue weighted by molar-refractivity contribution is -0.128. The quantitative estimate of drug-likeness (QED) is 0.913. The fourth-order valence-corrected chi connectivity index (χ4v) is 2.42. The van der Waals surface area contributed by atoms with E-state index in [0.29, 0.717) is 16.3 Å². The van der Waals surface area contributed by atoms with Crippen LogP contribution in [0.15, 0.2) is 48.5 Å². The summed E-state index contributed by atoms with van der Waals surface area (Å²) in [5.41, 5.74) is 1.20. The monoisotopic (exact) mass is 326 g/mol. The Balaban J connectivity index is 1.86. The van der Waals surface area contributed by atoms with Gasteiger partial charge in [-0.25, -0.2) is 0 Å². The van der Waals surface area contributed by atoms with E-state index in [0.717, 1.165) is 18.4 Å². The minimum absolute atomic E-state index is 0.181. The summed E-state index contributed by atoms with van der Waals surface area (Å²) in [5, 5.41) is 12.2. The lowest BCUT2D eigenvalue weighted by Crippen LogP contribution is -2.33. The van der Waals surface area contributed by atoms with E-state index in [1.807, 2.05) is 36.4 Å². The summed E-state index contributed by atoms with van der Waals surface area (Å²) < 4.78 is 5.87. The zero-order valence-corrected chi connectivity index (χ0v) is 13.1. The predicted octanol–water partition coefficient (Wildman–Crippen LogP) is 3.61. The molecule has 0 aromatic heterocycles. The fraction of sp³-hybridized carbons (Fsp3) is 0.222. The van der Waals surface area contributed by atoms with Crippen LogP contribution in [0.1, 0.15) is 30.1 Å². The molecule has 1 aliphatic rings. The number of nitrogens with one attached hydrogen (secondary N) is 1. The summed E-state index contributed by atoms with van der Waals surface area (Å²) in [6.07, 6.45) is 1.23. The molecule has 1 amide bonds. The van der Waals surface area contributed by atoms with Gasteiger partial charge in [-0.15, -0.1) is 0 Å². The number of carbonyl (C=O) groups is 1. The van der Waals surface area contributed by atoms with Crippen molar-refractivity contribution in [3.8, 4) is 11.8 Å². The minimum atomic E-state index is -0.776. The Labute approximate surface area is 139 Å². The largest absolute Gasteiger partial charge is 0.474 e. The Kier molecular flexibility index (Phi) is 4.50. The third-order valence-electron chi connectivity index (χ3n) is 3.57. The number of amides is 1. The van der Waals surface area contributed by atoms with E-state index in [4.69, 9.17) is 21.6 Å². The number of hydrogen-bond donors (Lipinski definition) is 1. The summed E-state index contributed by atoms with van der Waals surface area (Å²) >= 11 is 6.15. The molecule has 0 saturated heterocycles. The molecule has 0 unspecified atom stereocenters. The van der Waals surface area contributed by atoms with Crippen molar-refractivity contribution in [1.29, 1.82) is 5.26 Å². The molecule has 4 nitrogen and oxygen atoms in total. The lowest BCUT2D eigenvalue weighted by Gasteiger charge is -2.20. The summed E-state index contributed by atoms with van der Waals surface area (Å²) in [5.74, 6) is 0.199. The standard InChI is InChI=1S/C18H15ClN2O2/c19-15-10-12(11-20)6-9-16(15)23-17(13-4-2-1-3-5-13)18(22)21-14-7-8-14/h1-6,9-10,14,17H,7-8H2,(H,21,22)/t17-/m0/s1. The molecule has 1 fully saturated rings. The molecule has 3 rings (SSSR count). The molecule has 23 heavy (non-hydrogen) atoms. The van der Waals surface area contributed by atoms with Gasteiger partial charge in [-0.2, -0.15) is 5.26 Å². The molecule has 0 spiro atoms. The lowest BCUT2D eigenvalue weighted by atomic mass is 10.1. The zero-order valence-electron chi connectivity index (χ0n) is 12.3. The second-order valence-corrected chi connectivity index (χ2v) is 5.86. The molecule has 0 aliphatic heterocycles. The smallest absolute Gasteiger partial charge is 0.266 e. The highest BCUT2D eigenvalue weighted by Crippen LogP contribution is 2.31. The normalized spacial score (nSPS) is 14.6. The van der Waals surface area contributed by atoms with Crippen LogP contribution in [-0.4, -0.2) is 11.9 Å². The maximum Gasteiger partial charge on any atom is 0.266 e. The van der Waals surface area contributed by atoms with Crippen molar-refractivity contribution in [1.82, 2.24) is 5.32 Å². The SMILES string of the molecule is N#Cc1ccc(O[C@H](C(=O)NC2CC2)c2ccccc2)c(Cl)c1. The van der Waals surface area contributed by atoms with E-state index >= 15 is 0 Å². The number of ether oxygens (including phenoxy) is 1. The highest BCUT2D eigenvalue weighted by molar-refractivity contribution is 6.32. The van der Waals surface area contributed by atoms with Gasteiger partial charge in [0.25, 0.3) is 5.91 Å². The van der Waals surface area contributed by atoms with Crippen LogP contribution in [0.4, 0.5) is 0 Å². The van der Waals surface area contributed by atoms with E-state index < -0.39 is 6.10 Å². The zero-order chi connectivity index (χ0) is 16.2. The van der Waals surface area contributed by atoms with E-state index in [1.54, 1.807) is 12.1 Å². The molecule has 2 aromatic rings. The Morgan fingerprint density at radius 3 is 2.61 bits per heavy atom. The van der Waals surface area contributed by atoms with Gasteiger partial charge in [-0.3, -0.25) is 4.79 Å². The van der Waals surface area contributed by atoms with Crippen molar-refractivity contribution in [3.63, 3.8) is 0 Å². The van der Waals surface area contributed by atoms with Crippen molar-refractivity contribution in [2.75, 3.05) is 0 Å². The third-order valence-corrected chi connectivity index (χ3v) is 3.87. The molecule has 5 heteroatoms. The number of halogens is 1. The summed E-state index contributed by atoms with van der Waals surface area (Å²) in [6.45, 7) is 0. The van der Waals surface area contributed by atoms with E-state index in [-0.39, 0.29) is 11.9 Å². The van der Waals surface area contributed by atoms with Gasteiger partial charge in [-0.05, 0) is 31.0 Å². The third kappa shape index (κ3) is 3.82. The highest BCUT2D eigenvalue weighted by atomic mass is 35.5. The minimum Gasteiger partial charge on any atom is -0.474 e. The number of carbonyl (C=O) groups excluding carboxylic acids is 1. The van der Waals surface area contributed by atoms with Gasteiger partial charge in [0.1, 0.15) is 5.75 Å². The second kappa shape index (κ2) is 6.72. The second-order valence-electron chi connectivity index (χ2n) is 5.45. The van der Waals surface area contributed by atoms with Crippen molar-refractivity contribution < 1.29 is 9.53 Å². The number of hydrogen-bond acceptors (Lipinski definition) is 3. The van der Waals surface area contributed by atoms with Gasteiger partial charge in [0.05, 0.1) is 16.7 Å².